The Bertz CT molecular complexity index is 672. The molecule has 2 heterocycles. The number of nitriles is 1. The second-order valence-electron chi connectivity index (χ2n) is 5.69. The fraction of sp³-hybridized carbons (Fsp3) is 0.353. The molecule has 0 N–H and O–H groups in total. The van der Waals surface area contributed by atoms with Crippen LogP contribution in [0.3, 0.4) is 0 Å². The number of nitrogens with zero attached hydrogens (tertiary/aromatic N) is 4. The van der Waals surface area contributed by atoms with Crippen LogP contribution in [0.5, 0.6) is 0 Å². The molecule has 2 unspecified atom stereocenters. The molecule has 1 fully saturated rings. The highest BCUT2D eigenvalue weighted by molar-refractivity contribution is 5.43. The molecule has 4 heteroatoms. The number of hydrogen-bond acceptors (Lipinski definition) is 4. The summed E-state index contributed by atoms with van der Waals surface area (Å²) in [6.45, 7) is 5.26. The predicted octanol–water partition coefficient (Wildman–Crippen LogP) is 3.04. The largest absolute Gasteiger partial charge is 0.353 e. The highest BCUT2D eigenvalue weighted by Crippen LogP contribution is 2.34. The fourth-order valence-corrected chi connectivity index (χ4v) is 2.99. The number of aromatic nitrogens is 2. The zero-order valence-corrected chi connectivity index (χ0v) is 12.3. The molecular weight excluding hydrogens is 260 g/mol. The van der Waals surface area contributed by atoms with Gasteiger partial charge in [0.1, 0.15) is 11.9 Å². The molecule has 1 saturated heterocycles. The van der Waals surface area contributed by atoms with E-state index in [1.54, 1.807) is 6.20 Å². The van der Waals surface area contributed by atoms with Crippen molar-refractivity contribution in [2.75, 3.05) is 11.4 Å². The van der Waals surface area contributed by atoms with Gasteiger partial charge in [-0.3, -0.25) is 0 Å². The SMILES string of the molecule is Cc1ccc(C2CC(C)N(c3ccnc(C#N)n3)C2)cc1. The molecule has 1 aliphatic heterocycles. The van der Waals surface area contributed by atoms with E-state index in [9.17, 15) is 0 Å². The van der Waals surface area contributed by atoms with Gasteiger partial charge in [0.15, 0.2) is 0 Å². The van der Waals surface area contributed by atoms with Crippen LogP contribution in [0.4, 0.5) is 5.82 Å². The third-order valence-corrected chi connectivity index (χ3v) is 4.16. The molecular formula is C17H18N4. The lowest BCUT2D eigenvalue weighted by molar-refractivity contribution is 0.696. The first kappa shape index (κ1) is 13.6. The molecule has 4 nitrogen and oxygen atoms in total. The van der Waals surface area contributed by atoms with Crippen LogP contribution >= 0.6 is 0 Å². The van der Waals surface area contributed by atoms with E-state index in [0.717, 1.165) is 18.8 Å². The maximum Gasteiger partial charge on any atom is 0.234 e. The van der Waals surface area contributed by atoms with Gasteiger partial charge in [0.25, 0.3) is 0 Å². The van der Waals surface area contributed by atoms with Gasteiger partial charge >= 0.3 is 0 Å². The summed E-state index contributed by atoms with van der Waals surface area (Å²) in [5, 5.41) is 8.93. The third-order valence-electron chi connectivity index (χ3n) is 4.16. The first-order valence-electron chi connectivity index (χ1n) is 7.23. The van der Waals surface area contributed by atoms with E-state index in [2.05, 4.69) is 53.0 Å². The molecule has 1 aromatic heterocycles. The van der Waals surface area contributed by atoms with Crippen molar-refractivity contribution in [1.82, 2.24) is 9.97 Å². The van der Waals surface area contributed by atoms with Crippen LogP contribution in [-0.2, 0) is 0 Å². The lowest BCUT2D eigenvalue weighted by atomic mass is 9.96. The van der Waals surface area contributed by atoms with Crippen LogP contribution in [0.1, 0.15) is 36.2 Å². The Kier molecular flexibility index (Phi) is 3.57. The number of anilines is 1. The summed E-state index contributed by atoms with van der Waals surface area (Å²) in [6, 6.07) is 13.1. The van der Waals surface area contributed by atoms with Gasteiger partial charge in [-0.1, -0.05) is 29.8 Å². The standard InChI is InChI=1S/C17H18N4/c1-12-3-5-14(6-4-12)15-9-13(2)21(11-15)17-7-8-19-16(10-18)20-17/h3-8,13,15H,9,11H2,1-2H3. The lowest BCUT2D eigenvalue weighted by Gasteiger charge is -2.22. The summed E-state index contributed by atoms with van der Waals surface area (Å²) in [5.74, 6) is 1.60. The Balaban J connectivity index is 1.82. The minimum absolute atomic E-state index is 0.235. The molecule has 0 amide bonds. The molecule has 2 atom stereocenters. The molecule has 0 saturated carbocycles. The maximum atomic E-state index is 8.93. The molecule has 106 valence electrons. The summed E-state index contributed by atoms with van der Waals surface area (Å²) in [4.78, 5) is 10.5. The average Bonchev–Trinajstić information content (AvgIpc) is 2.90. The summed E-state index contributed by atoms with van der Waals surface area (Å²) < 4.78 is 0. The highest BCUT2D eigenvalue weighted by atomic mass is 15.2. The average molecular weight is 278 g/mol. The smallest absolute Gasteiger partial charge is 0.234 e. The van der Waals surface area contributed by atoms with Crippen molar-refractivity contribution in [2.24, 2.45) is 0 Å². The summed E-state index contributed by atoms with van der Waals surface area (Å²) in [6.07, 6.45) is 2.77. The van der Waals surface area contributed by atoms with E-state index in [1.165, 1.54) is 11.1 Å². The van der Waals surface area contributed by atoms with E-state index in [1.807, 2.05) is 12.1 Å². The first-order chi connectivity index (χ1) is 10.2. The third kappa shape index (κ3) is 2.73. The molecule has 21 heavy (non-hydrogen) atoms. The van der Waals surface area contributed by atoms with Crippen molar-refractivity contribution in [1.29, 1.82) is 5.26 Å². The van der Waals surface area contributed by atoms with Crippen LogP contribution < -0.4 is 4.90 Å². The van der Waals surface area contributed by atoms with E-state index < -0.39 is 0 Å². The summed E-state index contributed by atoms with van der Waals surface area (Å²) in [7, 11) is 0. The van der Waals surface area contributed by atoms with Crippen molar-refractivity contribution < 1.29 is 0 Å². The van der Waals surface area contributed by atoms with Gasteiger partial charge in [-0.25, -0.2) is 9.97 Å². The predicted molar refractivity (Wildman–Crippen MR) is 82.1 cm³/mol. The van der Waals surface area contributed by atoms with Crippen LogP contribution in [0.25, 0.3) is 0 Å². The van der Waals surface area contributed by atoms with Gasteiger partial charge < -0.3 is 4.90 Å². The maximum absolute atomic E-state index is 8.93. The zero-order valence-electron chi connectivity index (χ0n) is 12.3. The van der Waals surface area contributed by atoms with Crippen LogP contribution in [-0.4, -0.2) is 22.6 Å². The Hall–Kier alpha value is -2.41. The Labute approximate surface area is 125 Å². The topological polar surface area (TPSA) is 52.8 Å². The molecule has 1 aliphatic rings. The van der Waals surface area contributed by atoms with Crippen molar-refractivity contribution in [2.45, 2.75) is 32.2 Å². The van der Waals surface area contributed by atoms with Crippen molar-refractivity contribution in [3.63, 3.8) is 0 Å². The Morgan fingerprint density at radius 1 is 1.24 bits per heavy atom. The van der Waals surface area contributed by atoms with Crippen molar-refractivity contribution in [3.8, 4) is 6.07 Å². The molecule has 0 radical (unpaired) electrons. The van der Waals surface area contributed by atoms with Gasteiger partial charge in [0.2, 0.25) is 5.82 Å². The van der Waals surface area contributed by atoms with Gasteiger partial charge in [0, 0.05) is 24.7 Å². The van der Waals surface area contributed by atoms with E-state index in [-0.39, 0.29) is 5.82 Å². The second kappa shape index (κ2) is 5.53. The van der Waals surface area contributed by atoms with E-state index in [4.69, 9.17) is 5.26 Å². The van der Waals surface area contributed by atoms with E-state index >= 15 is 0 Å². The number of rotatable bonds is 2. The Morgan fingerprint density at radius 3 is 2.71 bits per heavy atom. The number of benzene rings is 1. The van der Waals surface area contributed by atoms with E-state index in [0.29, 0.717) is 12.0 Å². The Morgan fingerprint density at radius 2 is 2.00 bits per heavy atom. The highest BCUT2D eigenvalue weighted by Gasteiger charge is 2.30. The van der Waals surface area contributed by atoms with Gasteiger partial charge in [-0.15, -0.1) is 0 Å². The molecule has 3 rings (SSSR count). The van der Waals surface area contributed by atoms with Crippen LogP contribution in [0.15, 0.2) is 36.5 Å². The summed E-state index contributed by atoms with van der Waals surface area (Å²) in [5.41, 5.74) is 2.67. The number of hydrogen-bond donors (Lipinski definition) is 0. The number of aryl methyl sites for hydroxylation is 1. The molecule has 0 bridgehead atoms. The second-order valence-corrected chi connectivity index (χ2v) is 5.69. The van der Waals surface area contributed by atoms with Crippen molar-refractivity contribution >= 4 is 5.82 Å². The molecule has 0 aliphatic carbocycles. The first-order valence-corrected chi connectivity index (χ1v) is 7.23. The summed E-state index contributed by atoms with van der Waals surface area (Å²) >= 11 is 0. The quantitative estimate of drug-likeness (QED) is 0.847. The normalized spacial score (nSPS) is 21.3. The minimum atomic E-state index is 0.235. The van der Waals surface area contributed by atoms with Gasteiger partial charge in [0.05, 0.1) is 0 Å². The minimum Gasteiger partial charge on any atom is -0.353 e. The van der Waals surface area contributed by atoms with Crippen LogP contribution in [0, 0.1) is 18.3 Å². The zero-order chi connectivity index (χ0) is 14.8. The molecule has 2 aromatic rings. The fourth-order valence-electron chi connectivity index (χ4n) is 2.99. The lowest BCUT2D eigenvalue weighted by Crippen LogP contribution is -2.27. The monoisotopic (exact) mass is 278 g/mol. The molecule has 0 spiro atoms. The molecule has 1 aromatic carbocycles. The van der Waals surface area contributed by atoms with Gasteiger partial charge in [-0.2, -0.15) is 5.26 Å². The van der Waals surface area contributed by atoms with Crippen LogP contribution in [0.2, 0.25) is 0 Å². The van der Waals surface area contributed by atoms with Crippen molar-refractivity contribution in [3.05, 3.63) is 53.5 Å². The van der Waals surface area contributed by atoms with Gasteiger partial charge in [-0.05, 0) is 31.9 Å².